The van der Waals surface area contributed by atoms with E-state index in [9.17, 15) is 4.79 Å². The summed E-state index contributed by atoms with van der Waals surface area (Å²) in [5.41, 5.74) is 2.05. The Kier molecular flexibility index (Phi) is 4.16. The largest absolute Gasteiger partial charge is 0.331 e. The average Bonchev–Trinajstić information content (AvgIpc) is 2.69. The van der Waals surface area contributed by atoms with Gasteiger partial charge in [-0.05, 0) is 13.8 Å². The van der Waals surface area contributed by atoms with E-state index in [0.717, 1.165) is 35.9 Å². The molecule has 1 atom stereocenters. The third-order valence-electron chi connectivity index (χ3n) is 3.16. The van der Waals surface area contributed by atoms with E-state index in [1.807, 2.05) is 43.8 Å². The number of hydrogen-bond acceptors (Lipinski definition) is 3. The highest BCUT2D eigenvalue weighted by molar-refractivity contribution is 7.99. The van der Waals surface area contributed by atoms with Crippen molar-refractivity contribution in [1.82, 2.24) is 20.0 Å². The van der Waals surface area contributed by atoms with Crippen molar-refractivity contribution in [3.8, 4) is 0 Å². The van der Waals surface area contributed by atoms with Crippen LogP contribution in [0, 0.1) is 6.92 Å². The van der Waals surface area contributed by atoms with E-state index >= 15 is 0 Å². The zero-order valence-electron chi connectivity index (χ0n) is 11.1. The molecule has 6 heteroatoms. The highest BCUT2D eigenvalue weighted by atomic mass is 32.2. The fraction of sp³-hybridized carbons (Fsp3) is 0.667. The Balaban J connectivity index is 1.96. The van der Waals surface area contributed by atoms with E-state index in [2.05, 4.69) is 10.4 Å². The van der Waals surface area contributed by atoms with Crippen LogP contribution in [-0.4, -0.2) is 45.3 Å². The number of nitrogens with zero attached hydrogens (tertiary/aromatic N) is 3. The van der Waals surface area contributed by atoms with E-state index in [1.54, 1.807) is 4.68 Å². The summed E-state index contributed by atoms with van der Waals surface area (Å²) in [5.74, 6) is 2.07. The first-order chi connectivity index (χ1) is 8.58. The highest BCUT2D eigenvalue weighted by Gasteiger charge is 2.20. The summed E-state index contributed by atoms with van der Waals surface area (Å²) in [6.07, 6.45) is 1.96. The van der Waals surface area contributed by atoms with E-state index in [1.165, 1.54) is 0 Å². The maximum atomic E-state index is 12.1. The summed E-state index contributed by atoms with van der Waals surface area (Å²) in [6.45, 7) is 5.65. The predicted molar refractivity (Wildman–Crippen MR) is 73.8 cm³/mol. The molecule has 1 aromatic rings. The molecule has 0 saturated carbocycles. The van der Waals surface area contributed by atoms with Crippen molar-refractivity contribution in [3.05, 3.63) is 17.5 Å². The molecule has 1 aliphatic rings. The van der Waals surface area contributed by atoms with Crippen LogP contribution >= 0.6 is 11.8 Å². The van der Waals surface area contributed by atoms with E-state index in [4.69, 9.17) is 0 Å². The van der Waals surface area contributed by atoms with Gasteiger partial charge in [0.15, 0.2) is 0 Å². The van der Waals surface area contributed by atoms with Crippen LogP contribution in [0.15, 0.2) is 6.20 Å². The Hall–Kier alpha value is -1.17. The van der Waals surface area contributed by atoms with Crippen LogP contribution in [0.25, 0.3) is 0 Å². The van der Waals surface area contributed by atoms with Crippen molar-refractivity contribution in [1.29, 1.82) is 0 Å². The van der Waals surface area contributed by atoms with Crippen LogP contribution in [0.4, 0.5) is 4.79 Å². The van der Waals surface area contributed by atoms with Crippen molar-refractivity contribution in [3.63, 3.8) is 0 Å². The van der Waals surface area contributed by atoms with Crippen LogP contribution in [0.1, 0.15) is 24.2 Å². The Labute approximate surface area is 112 Å². The van der Waals surface area contributed by atoms with Gasteiger partial charge in [-0.1, -0.05) is 0 Å². The molecular formula is C12H20N4OS. The summed E-state index contributed by atoms with van der Waals surface area (Å²) in [6, 6.07) is 0.0341. The first kappa shape index (κ1) is 13.3. The molecule has 0 unspecified atom stereocenters. The Morgan fingerprint density at radius 2 is 2.17 bits per heavy atom. The number of nitrogens with one attached hydrogen (secondary N) is 1. The molecule has 2 rings (SSSR count). The normalized spacial score (nSPS) is 17.6. The number of thioether (sulfide) groups is 1. The third-order valence-corrected chi connectivity index (χ3v) is 4.10. The van der Waals surface area contributed by atoms with Gasteiger partial charge in [-0.2, -0.15) is 16.9 Å². The van der Waals surface area contributed by atoms with Crippen molar-refractivity contribution < 1.29 is 4.79 Å². The van der Waals surface area contributed by atoms with Gasteiger partial charge >= 0.3 is 6.03 Å². The van der Waals surface area contributed by atoms with Gasteiger partial charge in [0.25, 0.3) is 0 Å². The minimum Gasteiger partial charge on any atom is -0.331 e. The first-order valence-corrected chi connectivity index (χ1v) is 7.36. The van der Waals surface area contributed by atoms with Gasteiger partial charge in [-0.25, -0.2) is 4.79 Å². The van der Waals surface area contributed by atoms with Gasteiger partial charge in [0.2, 0.25) is 0 Å². The fourth-order valence-electron chi connectivity index (χ4n) is 2.16. The Bertz CT molecular complexity index is 426. The lowest BCUT2D eigenvalue weighted by atomic mass is 10.1. The van der Waals surface area contributed by atoms with Crippen LogP contribution in [0.2, 0.25) is 0 Å². The van der Waals surface area contributed by atoms with Gasteiger partial charge < -0.3 is 10.2 Å². The van der Waals surface area contributed by atoms with E-state index in [0.29, 0.717) is 0 Å². The molecular weight excluding hydrogens is 248 g/mol. The maximum Gasteiger partial charge on any atom is 0.317 e. The summed E-state index contributed by atoms with van der Waals surface area (Å²) in [7, 11) is 1.90. The zero-order valence-corrected chi connectivity index (χ0v) is 12.0. The van der Waals surface area contributed by atoms with Crippen molar-refractivity contribution >= 4 is 17.8 Å². The third kappa shape index (κ3) is 2.98. The number of urea groups is 1. The molecule has 0 aromatic carbocycles. The molecule has 100 valence electrons. The van der Waals surface area contributed by atoms with Crippen LogP contribution in [0.5, 0.6) is 0 Å². The molecule has 1 fully saturated rings. The smallest absolute Gasteiger partial charge is 0.317 e. The van der Waals surface area contributed by atoms with Crippen LogP contribution in [-0.2, 0) is 7.05 Å². The fourth-order valence-corrected chi connectivity index (χ4v) is 3.07. The van der Waals surface area contributed by atoms with Gasteiger partial charge in [0.05, 0.1) is 11.7 Å². The standard InChI is InChI=1S/C12H20N4OS/c1-9(11-8-15(3)14-10(11)2)13-12(17)16-4-6-18-7-5-16/h8-9H,4-7H2,1-3H3,(H,13,17)/t9-/m0/s1. The molecule has 2 amide bonds. The number of hydrogen-bond donors (Lipinski definition) is 1. The monoisotopic (exact) mass is 268 g/mol. The van der Waals surface area contributed by atoms with E-state index in [-0.39, 0.29) is 12.1 Å². The SMILES string of the molecule is Cc1nn(C)cc1[C@H](C)NC(=O)N1CCSCC1. The first-order valence-electron chi connectivity index (χ1n) is 6.21. The average molecular weight is 268 g/mol. The molecule has 0 bridgehead atoms. The molecule has 0 aliphatic carbocycles. The molecule has 0 radical (unpaired) electrons. The number of carbonyl (C=O) groups is 1. The summed E-state index contributed by atoms with van der Waals surface area (Å²) in [5, 5.41) is 7.34. The Morgan fingerprint density at radius 3 is 2.72 bits per heavy atom. The number of amides is 2. The van der Waals surface area contributed by atoms with Crippen molar-refractivity contribution in [2.24, 2.45) is 7.05 Å². The second kappa shape index (κ2) is 5.65. The maximum absolute atomic E-state index is 12.1. The molecule has 5 nitrogen and oxygen atoms in total. The topological polar surface area (TPSA) is 50.2 Å². The predicted octanol–water partition coefficient (Wildman–Crippen LogP) is 1.55. The lowest BCUT2D eigenvalue weighted by Gasteiger charge is -2.28. The second-order valence-corrected chi connectivity index (χ2v) is 5.84. The summed E-state index contributed by atoms with van der Waals surface area (Å²) in [4.78, 5) is 14.0. The molecule has 2 heterocycles. The number of rotatable bonds is 2. The summed E-state index contributed by atoms with van der Waals surface area (Å²) >= 11 is 1.90. The van der Waals surface area contributed by atoms with E-state index < -0.39 is 0 Å². The lowest BCUT2D eigenvalue weighted by molar-refractivity contribution is 0.199. The minimum absolute atomic E-state index is 0.000722. The second-order valence-electron chi connectivity index (χ2n) is 4.61. The van der Waals surface area contributed by atoms with Crippen molar-refractivity contribution in [2.75, 3.05) is 24.6 Å². The minimum atomic E-state index is 0.000722. The number of aryl methyl sites for hydroxylation is 2. The molecule has 18 heavy (non-hydrogen) atoms. The highest BCUT2D eigenvalue weighted by Crippen LogP contribution is 2.16. The van der Waals surface area contributed by atoms with Gasteiger partial charge in [-0.3, -0.25) is 4.68 Å². The number of carbonyl (C=O) groups excluding carboxylic acids is 1. The van der Waals surface area contributed by atoms with Crippen LogP contribution in [0.3, 0.4) is 0 Å². The molecule has 1 aromatic heterocycles. The van der Waals surface area contributed by atoms with Gasteiger partial charge in [0.1, 0.15) is 0 Å². The summed E-state index contributed by atoms with van der Waals surface area (Å²) < 4.78 is 1.78. The molecule has 1 saturated heterocycles. The van der Waals surface area contributed by atoms with Gasteiger partial charge in [-0.15, -0.1) is 0 Å². The quantitative estimate of drug-likeness (QED) is 0.885. The number of aromatic nitrogens is 2. The lowest BCUT2D eigenvalue weighted by Crippen LogP contribution is -2.45. The molecule has 1 N–H and O–H groups in total. The molecule has 0 spiro atoms. The van der Waals surface area contributed by atoms with Gasteiger partial charge in [0, 0.05) is 43.4 Å². The molecule has 1 aliphatic heterocycles. The Morgan fingerprint density at radius 1 is 1.50 bits per heavy atom. The zero-order chi connectivity index (χ0) is 13.1. The van der Waals surface area contributed by atoms with Crippen molar-refractivity contribution in [2.45, 2.75) is 19.9 Å². The van der Waals surface area contributed by atoms with Crippen LogP contribution < -0.4 is 5.32 Å².